The van der Waals surface area contributed by atoms with Crippen molar-refractivity contribution in [3.8, 4) is 5.75 Å². The highest BCUT2D eigenvalue weighted by Crippen LogP contribution is 2.28. The molecule has 0 aliphatic rings. The van der Waals surface area contributed by atoms with Crippen molar-refractivity contribution in [2.24, 2.45) is 0 Å². The molecule has 2 aromatic carbocycles. The third kappa shape index (κ3) is 3.72. The molecule has 0 aromatic heterocycles. The standard InChI is InChI=1S/C15H10BrNO6/c1-22-14(18)9-6-7-13(11(16)8-9)23-15(19)10-4-2-3-5-12(10)17(20)21/h2-8H,1H3. The zero-order valence-electron chi connectivity index (χ0n) is 11.8. The monoisotopic (exact) mass is 379 g/mol. The first-order chi connectivity index (χ1) is 10.9. The van der Waals surface area contributed by atoms with Crippen LogP contribution < -0.4 is 4.74 Å². The molecular weight excluding hydrogens is 370 g/mol. The van der Waals surface area contributed by atoms with Gasteiger partial charge in [0, 0.05) is 6.07 Å². The van der Waals surface area contributed by atoms with Crippen LogP contribution in [0.25, 0.3) is 0 Å². The zero-order valence-corrected chi connectivity index (χ0v) is 13.4. The Bertz CT molecular complexity index is 789. The predicted octanol–water partition coefficient (Wildman–Crippen LogP) is 3.36. The number of nitro groups is 1. The summed E-state index contributed by atoms with van der Waals surface area (Å²) in [6.07, 6.45) is 0. The van der Waals surface area contributed by atoms with E-state index in [1.54, 1.807) is 0 Å². The van der Waals surface area contributed by atoms with Gasteiger partial charge in [0.25, 0.3) is 5.69 Å². The van der Waals surface area contributed by atoms with E-state index < -0.39 is 16.9 Å². The molecule has 2 aromatic rings. The van der Waals surface area contributed by atoms with E-state index in [0.29, 0.717) is 4.47 Å². The molecule has 0 heterocycles. The summed E-state index contributed by atoms with van der Waals surface area (Å²) in [4.78, 5) is 33.8. The number of carbonyl (C=O) groups excluding carboxylic acids is 2. The highest BCUT2D eigenvalue weighted by atomic mass is 79.9. The van der Waals surface area contributed by atoms with Crippen LogP contribution in [0.1, 0.15) is 20.7 Å². The zero-order chi connectivity index (χ0) is 17.0. The molecule has 118 valence electrons. The maximum atomic E-state index is 12.1. The average molecular weight is 380 g/mol. The van der Waals surface area contributed by atoms with Crippen LogP contribution >= 0.6 is 15.9 Å². The Balaban J connectivity index is 2.28. The summed E-state index contributed by atoms with van der Waals surface area (Å²) < 4.78 is 10.1. The second-order valence-electron chi connectivity index (χ2n) is 4.30. The van der Waals surface area contributed by atoms with Crippen molar-refractivity contribution in [1.29, 1.82) is 0 Å². The maximum absolute atomic E-state index is 12.1. The van der Waals surface area contributed by atoms with Crippen LogP contribution in [0.15, 0.2) is 46.9 Å². The van der Waals surface area contributed by atoms with Gasteiger partial charge in [-0.15, -0.1) is 0 Å². The number of ether oxygens (including phenoxy) is 2. The minimum atomic E-state index is -0.871. The lowest BCUT2D eigenvalue weighted by Crippen LogP contribution is -2.11. The Morgan fingerprint density at radius 2 is 1.83 bits per heavy atom. The number of hydrogen-bond acceptors (Lipinski definition) is 6. The van der Waals surface area contributed by atoms with E-state index >= 15 is 0 Å². The van der Waals surface area contributed by atoms with Gasteiger partial charge in [-0.05, 0) is 40.2 Å². The molecule has 0 fully saturated rings. The lowest BCUT2D eigenvalue weighted by molar-refractivity contribution is -0.385. The molecule has 8 heteroatoms. The van der Waals surface area contributed by atoms with E-state index in [-0.39, 0.29) is 22.6 Å². The SMILES string of the molecule is COC(=O)c1ccc(OC(=O)c2ccccc2[N+](=O)[O-])c(Br)c1. The van der Waals surface area contributed by atoms with Gasteiger partial charge in [-0.2, -0.15) is 0 Å². The van der Waals surface area contributed by atoms with Crippen LogP contribution in [-0.4, -0.2) is 24.0 Å². The van der Waals surface area contributed by atoms with Crippen LogP contribution in [0, 0.1) is 10.1 Å². The molecule has 0 spiro atoms. The number of nitro benzene ring substituents is 1. The normalized spacial score (nSPS) is 10.0. The molecule has 0 amide bonds. The van der Waals surface area contributed by atoms with Crippen molar-refractivity contribution in [2.75, 3.05) is 7.11 Å². The second-order valence-corrected chi connectivity index (χ2v) is 5.15. The number of esters is 2. The Hall–Kier alpha value is -2.74. The van der Waals surface area contributed by atoms with Crippen molar-refractivity contribution in [1.82, 2.24) is 0 Å². The van der Waals surface area contributed by atoms with Crippen LogP contribution in [0.3, 0.4) is 0 Å². The first kappa shape index (κ1) is 16.6. The molecule has 0 bridgehead atoms. The van der Waals surface area contributed by atoms with Gasteiger partial charge in [-0.1, -0.05) is 12.1 Å². The Morgan fingerprint density at radius 3 is 2.43 bits per heavy atom. The largest absolute Gasteiger partial charge is 0.465 e. The number of halogens is 1. The van der Waals surface area contributed by atoms with E-state index in [9.17, 15) is 19.7 Å². The average Bonchev–Trinajstić information content (AvgIpc) is 2.55. The van der Waals surface area contributed by atoms with Crippen molar-refractivity contribution in [3.05, 3.63) is 68.2 Å². The molecule has 7 nitrogen and oxygen atoms in total. The lowest BCUT2D eigenvalue weighted by atomic mass is 10.2. The number of carbonyl (C=O) groups is 2. The number of rotatable bonds is 4. The third-order valence-corrected chi connectivity index (χ3v) is 3.50. The molecule has 2 rings (SSSR count). The molecule has 0 N–H and O–H groups in total. The van der Waals surface area contributed by atoms with Crippen LogP contribution in [0.2, 0.25) is 0 Å². The third-order valence-electron chi connectivity index (χ3n) is 2.88. The van der Waals surface area contributed by atoms with Gasteiger partial charge in [0.1, 0.15) is 11.3 Å². The smallest absolute Gasteiger partial charge is 0.350 e. The molecule has 0 aliphatic carbocycles. The predicted molar refractivity (Wildman–Crippen MR) is 83.5 cm³/mol. The Kier molecular flexibility index (Phi) is 5.07. The lowest BCUT2D eigenvalue weighted by Gasteiger charge is -2.08. The van der Waals surface area contributed by atoms with Gasteiger partial charge in [-0.25, -0.2) is 9.59 Å². The molecule has 23 heavy (non-hydrogen) atoms. The van der Waals surface area contributed by atoms with Gasteiger partial charge in [-0.3, -0.25) is 10.1 Å². The summed E-state index contributed by atoms with van der Waals surface area (Å²) in [7, 11) is 1.25. The van der Waals surface area contributed by atoms with E-state index in [2.05, 4.69) is 20.7 Å². The van der Waals surface area contributed by atoms with Gasteiger partial charge < -0.3 is 9.47 Å². The van der Waals surface area contributed by atoms with Gasteiger partial charge in [0.05, 0.1) is 22.1 Å². The molecule has 0 unspecified atom stereocenters. The second kappa shape index (κ2) is 7.01. The molecular formula is C15H10BrNO6. The highest BCUT2D eigenvalue weighted by Gasteiger charge is 2.22. The maximum Gasteiger partial charge on any atom is 0.350 e. The Morgan fingerprint density at radius 1 is 1.13 bits per heavy atom. The van der Waals surface area contributed by atoms with E-state index in [1.165, 1.54) is 49.6 Å². The first-order valence-corrected chi connectivity index (χ1v) is 7.06. The van der Waals surface area contributed by atoms with Crippen LogP contribution in [-0.2, 0) is 4.74 Å². The minimum Gasteiger partial charge on any atom is -0.465 e. The summed E-state index contributed by atoms with van der Waals surface area (Å²) >= 11 is 3.17. The van der Waals surface area contributed by atoms with E-state index in [0.717, 1.165) is 0 Å². The van der Waals surface area contributed by atoms with Crippen molar-refractivity contribution >= 4 is 33.6 Å². The fourth-order valence-corrected chi connectivity index (χ4v) is 2.25. The highest BCUT2D eigenvalue weighted by molar-refractivity contribution is 9.10. The Labute approximate surface area is 139 Å². The quantitative estimate of drug-likeness (QED) is 0.349. The molecule has 0 atom stereocenters. The minimum absolute atomic E-state index is 0.126. The topological polar surface area (TPSA) is 95.7 Å². The van der Waals surface area contributed by atoms with Crippen LogP contribution in [0.4, 0.5) is 5.69 Å². The molecule has 0 aliphatic heterocycles. The van der Waals surface area contributed by atoms with Crippen molar-refractivity contribution in [2.45, 2.75) is 0 Å². The van der Waals surface area contributed by atoms with Gasteiger partial charge >= 0.3 is 11.9 Å². The van der Waals surface area contributed by atoms with Crippen molar-refractivity contribution in [3.63, 3.8) is 0 Å². The summed E-state index contributed by atoms with van der Waals surface area (Å²) in [5.74, 6) is -1.29. The van der Waals surface area contributed by atoms with Gasteiger partial charge in [0.15, 0.2) is 0 Å². The number of para-hydroxylation sites is 1. The number of benzene rings is 2. The number of hydrogen-bond donors (Lipinski definition) is 0. The molecule has 0 saturated carbocycles. The summed E-state index contributed by atoms with van der Waals surface area (Å²) in [5.41, 5.74) is -0.244. The van der Waals surface area contributed by atoms with Crippen molar-refractivity contribution < 1.29 is 24.0 Å². The number of nitrogens with zero attached hydrogens (tertiary/aromatic N) is 1. The molecule has 0 radical (unpaired) electrons. The summed E-state index contributed by atoms with van der Waals surface area (Å²) in [6, 6.07) is 9.70. The van der Waals surface area contributed by atoms with E-state index in [1.807, 2.05) is 0 Å². The van der Waals surface area contributed by atoms with Gasteiger partial charge in [0.2, 0.25) is 0 Å². The fourth-order valence-electron chi connectivity index (χ4n) is 1.79. The van der Waals surface area contributed by atoms with E-state index in [4.69, 9.17) is 4.74 Å². The fraction of sp³-hybridized carbons (Fsp3) is 0.0667. The summed E-state index contributed by atoms with van der Waals surface area (Å²) in [6.45, 7) is 0. The van der Waals surface area contributed by atoms with Crippen LogP contribution in [0.5, 0.6) is 5.75 Å². The number of methoxy groups -OCH3 is 1. The summed E-state index contributed by atoms with van der Waals surface area (Å²) in [5, 5.41) is 10.9. The first-order valence-electron chi connectivity index (χ1n) is 6.27. The molecule has 0 saturated heterocycles.